The predicted octanol–water partition coefficient (Wildman–Crippen LogP) is 2.39. The van der Waals surface area contributed by atoms with Crippen molar-refractivity contribution in [3.05, 3.63) is 48.0 Å². The van der Waals surface area contributed by atoms with Gasteiger partial charge in [0, 0.05) is 6.42 Å². The molecule has 0 radical (unpaired) electrons. The molecule has 15 heavy (non-hydrogen) atoms. The molecule has 78 valence electrons. The molecule has 0 spiro atoms. The summed E-state index contributed by atoms with van der Waals surface area (Å²) in [6, 6.07) is 5.89. The molecule has 0 unspecified atom stereocenters. The van der Waals surface area contributed by atoms with Gasteiger partial charge < -0.3 is 5.73 Å². The molecular formula is C13H15NO. The van der Waals surface area contributed by atoms with E-state index < -0.39 is 0 Å². The number of carbonyl (C=O) groups excluding carboxylic acids is 1. The minimum Gasteiger partial charge on any atom is -0.370 e. The first-order valence-electron chi connectivity index (χ1n) is 4.84. The molecular weight excluding hydrogens is 186 g/mol. The Morgan fingerprint density at radius 2 is 2.07 bits per heavy atom. The summed E-state index contributed by atoms with van der Waals surface area (Å²) in [7, 11) is 0. The number of rotatable bonds is 5. The van der Waals surface area contributed by atoms with E-state index in [-0.39, 0.29) is 5.91 Å². The fraction of sp³-hybridized carbons (Fsp3) is 0.154. The van der Waals surface area contributed by atoms with Gasteiger partial charge in [0.2, 0.25) is 5.91 Å². The number of nitrogens with two attached hydrogens (primary N) is 1. The summed E-state index contributed by atoms with van der Waals surface area (Å²) in [5.41, 5.74) is 8.27. The third-order valence-corrected chi connectivity index (χ3v) is 2.29. The van der Waals surface area contributed by atoms with Crippen LogP contribution in [0, 0.1) is 0 Å². The molecule has 0 aliphatic rings. The van der Waals surface area contributed by atoms with Gasteiger partial charge in [-0.05, 0) is 23.1 Å². The van der Waals surface area contributed by atoms with Gasteiger partial charge in [0.25, 0.3) is 0 Å². The summed E-state index contributed by atoms with van der Waals surface area (Å²) in [6.45, 7) is 7.50. The van der Waals surface area contributed by atoms with Crippen molar-refractivity contribution in [2.24, 2.45) is 5.73 Å². The van der Waals surface area contributed by atoms with Crippen LogP contribution in [0.2, 0.25) is 0 Å². The molecule has 0 aromatic heterocycles. The molecule has 0 saturated heterocycles. The summed E-state index contributed by atoms with van der Waals surface area (Å²) in [4.78, 5) is 10.7. The maximum atomic E-state index is 10.7. The second kappa shape index (κ2) is 5.15. The lowest BCUT2D eigenvalue weighted by Crippen LogP contribution is -2.11. The first kappa shape index (κ1) is 11.2. The Kier molecular flexibility index (Phi) is 3.86. The van der Waals surface area contributed by atoms with Gasteiger partial charge in [-0.3, -0.25) is 4.79 Å². The van der Waals surface area contributed by atoms with E-state index in [1.54, 1.807) is 12.2 Å². The van der Waals surface area contributed by atoms with Crippen molar-refractivity contribution in [1.82, 2.24) is 0 Å². The Labute approximate surface area is 90.1 Å². The normalized spacial score (nSPS) is 9.60. The quantitative estimate of drug-likeness (QED) is 0.781. The SMILES string of the molecule is C=Cc1cccc(CCC(N)=O)c1C=C. The number of aryl methyl sites for hydroxylation is 1. The fourth-order valence-electron chi connectivity index (χ4n) is 1.54. The Bertz CT molecular complexity index is 394. The maximum absolute atomic E-state index is 10.7. The molecule has 1 aromatic rings. The van der Waals surface area contributed by atoms with Gasteiger partial charge in [-0.2, -0.15) is 0 Å². The van der Waals surface area contributed by atoms with Crippen molar-refractivity contribution < 1.29 is 4.79 Å². The zero-order chi connectivity index (χ0) is 11.3. The second-order valence-electron chi connectivity index (χ2n) is 3.29. The molecule has 1 amide bonds. The van der Waals surface area contributed by atoms with Crippen LogP contribution in [0.1, 0.15) is 23.1 Å². The lowest BCUT2D eigenvalue weighted by molar-refractivity contribution is -0.117. The average Bonchev–Trinajstić information content (AvgIpc) is 2.25. The summed E-state index contributed by atoms with van der Waals surface area (Å²) < 4.78 is 0. The first-order valence-corrected chi connectivity index (χ1v) is 4.84. The highest BCUT2D eigenvalue weighted by atomic mass is 16.1. The van der Waals surface area contributed by atoms with Crippen molar-refractivity contribution in [2.45, 2.75) is 12.8 Å². The van der Waals surface area contributed by atoms with Crippen LogP contribution >= 0.6 is 0 Å². The maximum Gasteiger partial charge on any atom is 0.217 e. The molecule has 0 heterocycles. The van der Waals surface area contributed by atoms with Gasteiger partial charge in [-0.1, -0.05) is 43.5 Å². The number of hydrogen-bond acceptors (Lipinski definition) is 1. The van der Waals surface area contributed by atoms with Crippen molar-refractivity contribution >= 4 is 18.1 Å². The van der Waals surface area contributed by atoms with E-state index in [9.17, 15) is 4.79 Å². The Morgan fingerprint density at radius 1 is 1.33 bits per heavy atom. The number of carbonyl (C=O) groups is 1. The van der Waals surface area contributed by atoms with E-state index in [1.807, 2.05) is 18.2 Å². The largest absolute Gasteiger partial charge is 0.370 e. The third-order valence-electron chi connectivity index (χ3n) is 2.29. The van der Waals surface area contributed by atoms with Crippen LogP contribution in [0.15, 0.2) is 31.4 Å². The number of primary amides is 1. The van der Waals surface area contributed by atoms with Crippen molar-refractivity contribution in [3.63, 3.8) is 0 Å². The molecule has 1 aromatic carbocycles. The van der Waals surface area contributed by atoms with E-state index in [0.29, 0.717) is 12.8 Å². The highest BCUT2D eigenvalue weighted by Crippen LogP contribution is 2.18. The second-order valence-corrected chi connectivity index (χ2v) is 3.29. The predicted molar refractivity (Wildman–Crippen MR) is 64.1 cm³/mol. The topological polar surface area (TPSA) is 43.1 Å². The summed E-state index contributed by atoms with van der Waals surface area (Å²) in [6.07, 6.45) is 4.58. The molecule has 0 atom stereocenters. The van der Waals surface area contributed by atoms with E-state index in [1.165, 1.54) is 0 Å². The first-order chi connectivity index (χ1) is 7.19. The molecule has 0 saturated carbocycles. The van der Waals surface area contributed by atoms with Crippen LogP contribution in [0.3, 0.4) is 0 Å². The molecule has 2 N–H and O–H groups in total. The minimum absolute atomic E-state index is 0.283. The standard InChI is InChI=1S/C13H15NO/c1-3-10-6-5-7-11(12(10)4-2)8-9-13(14)15/h3-7H,1-2,8-9H2,(H2,14,15). The summed E-state index contributed by atoms with van der Waals surface area (Å²) >= 11 is 0. The Morgan fingerprint density at radius 3 is 2.60 bits per heavy atom. The molecule has 0 aliphatic carbocycles. The monoisotopic (exact) mass is 201 g/mol. The van der Waals surface area contributed by atoms with Crippen LogP contribution < -0.4 is 5.73 Å². The van der Waals surface area contributed by atoms with Gasteiger partial charge in [-0.15, -0.1) is 0 Å². The van der Waals surface area contributed by atoms with E-state index in [4.69, 9.17) is 5.73 Å². The lowest BCUT2D eigenvalue weighted by Gasteiger charge is -2.08. The molecule has 0 bridgehead atoms. The number of hydrogen-bond donors (Lipinski definition) is 1. The van der Waals surface area contributed by atoms with Crippen LogP contribution in [-0.4, -0.2) is 5.91 Å². The fourth-order valence-corrected chi connectivity index (χ4v) is 1.54. The van der Waals surface area contributed by atoms with Crippen molar-refractivity contribution in [2.75, 3.05) is 0 Å². The molecule has 0 fully saturated rings. The molecule has 2 nitrogen and oxygen atoms in total. The highest BCUT2D eigenvalue weighted by Gasteiger charge is 2.04. The van der Waals surface area contributed by atoms with Gasteiger partial charge in [0.15, 0.2) is 0 Å². The smallest absolute Gasteiger partial charge is 0.217 e. The van der Waals surface area contributed by atoms with Crippen molar-refractivity contribution in [1.29, 1.82) is 0 Å². The number of amides is 1. The van der Waals surface area contributed by atoms with Crippen molar-refractivity contribution in [3.8, 4) is 0 Å². The highest BCUT2D eigenvalue weighted by molar-refractivity contribution is 5.74. The Hall–Kier alpha value is -1.83. The molecule has 0 aliphatic heterocycles. The van der Waals surface area contributed by atoms with Gasteiger partial charge in [0.1, 0.15) is 0 Å². The van der Waals surface area contributed by atoms with Gasteiger partial charge in [-0.25, -0.2) is 0 Å². The van der Waals surface area contributed by atoms with Gasteiger partial charge >= 0.3 is 0 Å². The zero-order valence-electron chi connectivity index (χ0n) is 8.70. The molecule has 1 rings (SSSR count). The van der Waals surface area contributed by atoms with E-state index in [0.717, 1.165) is 16.7 Å². The van der Waals surface area contributed by atoms with Crippen LogP contribution in [-0.2, 0) is 11.2 Å². The summed E-state index contributed by atoms with van der Waals surface area (Å²) in [5.74, 6) is -0.283. The average molecular weight is 201 g/mol. The number of benzene rings is 1. The minimum atomic E-state index is -0.283. The van der Waals surface area contributed by atoms with Crippen LogP contribution in [0.25, 0.3) is 12.2 Å². The summed E-state index contributed by atoms with van der Waals surface area (Å²) in [5, 5.41) is 0. The van der Waals surface area contributed by atoms with E-state index in [2.05, 4.69) is 13.2 Å². The van der Waals surface area contributed by atoms with Crippen LogP contribution in [0.4, 0.5) is 0 Å². The lowest BCUT2D eigenvalue weighted by atomic mass is 9.97. The zero-order valence-corrected chi connectivity index (χ0v) is 8.70. The third kappa shape index (κ3) is 2.81. The Balaban J connectivity index is 3.00. The van der Waals surface area contributed by atoms with Gasteiger partial charge in [0.05, 0.1) is 0 Å². The van der Waals surface area contributed by atoms with Crippen LogP contribution in [0.5, 0.6) is 0 Å². The molecule has 2 heteroatoms. The van der Waals surface area contributed by atoms with E-state index >= 15 is 0 Å².